The van der Waals surface area contributed by atoms with E-state index in [1.54, 1.807) is 6.92 Å². The van der Waals surface area contributed by atoms with Crippen LogP contribution in [0, 0.1) is 62.6 Å². The first-order valence-electron chi connectivity index (χ1n) is 18.4. The largest absolute Gasteiger partial charge is 0.458 e. The topological polar surface area (TPSA) is 60.4 Å². The Morgan fingerprint density at radius 1 is 0.778 bits per heavy atom. The zero-order chi connectivity index (χ0) is 32.6. The molecule has 5 unspecified atom stereocenters. The van der Waals surface area contributed by atoms with Gasteiger partial charge in [-0.2, -0.15) is 0 Å². The van der Waals surface area contributed by atoms with Crippen molar-refractivity contribution < 1.29 is 19.1 Å². The summed E-state index contributed by atoms with van der Waals surface area (Å²) in [6, 6.07) is 9.47. The molecule has 4 nitrogen and oxygen atoms in total. The second-order valence-electron chi connectivity index (χ2n) is 18.0. The predicted molar refractivity (Wildman–Crippen MR) is 180 cm³/mol. The highest BCUT2D eigenvalue weighted by Gasteiger charge is 2.72. The summed E-state index contributed by atoms with van der Waals surface area (Å²) in [5.74, 6) is 3.69. The summed E-state index contributed by atoms with van der Waals surface area (Å²) in [6.45, 7) is 19.1. The van der Waals surface area contributed by atoms with E-state index in [1.807, 2.05) is 30.3 Å². The number of hydrogen-bond acceptors (Lipinski definition) is 4. The third-order valence-corrected chi connectivity index (χ3v) is 15.8. The van der Waals surface area contributed by atoms with E-state index in [0.717, 1.165) is 38.5 Å². The van der Waals surface area contributed by atoms with E-state index in [4.69, 9.17) is 4.74 Å². The Hall–Kier alpha value is -1.97. The summed E-state index contributed by atoms with van der Waals surface area (Å²) in [5, 5.41) is 0. The fourth-order valence-corrected chi connectivity index (χ4v) is 13.4. The van der Waals surface area contributed by atoms with Crippen molar-refractivity contribution in [2.45, 2.75) is 139 Å². The monoisotopic (exact) mass is 616 g/mol. The highest BCUT2D eigenvalue weighted by Crippen LogP contribution is 2.77. The summed E-state index contributed by atoms with van der Waals surface area (Å²) in [6.07, 6.45) is 12.0. The minimum absolute atomic E-state index is 0.0684. The lowest BCUT2D eigenvalue weighted by Gasteiger charge is -2.73. The number of carbonyl (C=O) groups is 3. The molecule has 0 heterocycles. The molecule has 5 aliphatic carbocycles. The number of Topliss-reactive ketones (excluding diaryl/α,β-unsaturated/α-hetero) is 2. The normalized spacial score (nSPS) is 43.4. The Labute approximate surface area is 273 Å². The number of hydrogen-bond donors (Lipinski definition) is 0. The first-order valence-corrected chi connectivity index (χ1v) is 18.4. The average molecular weight is 617 g/mol. The standard InChI is InChI=1S/C41H60O4/c1-26(2)29-18-23-41(33(43)17-14-27(3)42)25-24-39(7)30(35(29)41)15-16-32-38(6)21-20-34(45-36(44)28-12-10-9-11-13-28)37(4,5)31(38)19-22-40(32,39)8/h9-13,26,29-32,34-35H,14-25H2,1-8H3/t29?,30?,31?,32?,34-,35?,38+,39-,40-,41-/m1/s1. The van der Waals surface area contributed by atoms with Gasteiger partial charge in [-0.25, -0.2) is 4.79 Å². The molecular formula is C41H60O4. The molecule has 10 atom stereocenters. The van der Waals surface area contributed by atoms with Crippen LogP contribution in [0.1, 0.15) is 143 Å². The molecule has 45 heavy (non-hydrogen) atoms. The van der Waals surface area contributed by atoms with Gasteiger partial charge in [-0.1, -0.05) is 66.7 Å². The summed E-state index contributed by atoms with van der Waals surface area (Å²) in [4.78, 5) is 39.2. The van der Waals surface area contributed by atoms with Crippen LogP contribution in [-0.2, 0) is 14.3 Å². The SMILES string of the molecule is CC(=O)CCC(=O)[C@]12CCC(C(C)C)C1C1CCC3[C@@]4(C)CC[C@@H](OC(=O)c5ccccc5)C(C)(C)C4CC[C@@]3(C)[C@]1(C)CC2. The van der Waals surface area contributed by atoms with Gasteiger partial charge in [0.15, 0.2) is 0 Å². The molecule has 0 aliphatic heterocycles. The van der Waals surface area contributed by atoms with Crippen LogP contribution in [0.15, 0.2) is 30.3 Å². The second-order valence-corrected chi connectivity index (χ2v) is 18.0. The van der Waals surface area contributed by atoms with Crippen molar-refractivity contribution in [3.63, 3.8) is 0 Å². The Morgan fingerprint density at radius 2 is 1.49 bits per heavy atom. The fourth-order valence-electron chi connectivity index (χ4n) is 13.4. The number of carbonyl (C=O) groups excluding carboxylic acids is 3. The maximum absolute atomic E-state index is 14.1. The van der Waals surface area contributed by atoms with E-state index >= 15 is 0 Å². The van der Waals surface area contributed by atoms with E-state index in [-0.39, 0.29) is 44.9 Å². The third-order valence-electron chi connectivity index (χ3n) is 15.8. The number of benzene rings is 1. The highest BCUT2D eigenvalue weighted by molar-refractivity contribution is 5.90. The number of esters is 1. The maximum atomic E-state index is 14.1. The quantitative estimate of drug-likeness (QED) is 0.286. The van der Waals surface area contributed by atoms with Crippen molar-refractivity contribution in [1.82, 2.24) is 0 Å². The summed E-state index contributed by atoms with van der Waals surface area (Å²) in [5.41, 5.74) is 0.973. The van der Waals surface area contributed by atoms with Crippen molar-refractivity contribution in [3.8, 4) is 0 Å². The van der Waals surface area contributed by atoms with Crippen LogP contribution in [-0.4, -0.2) is 23.6 Å². The van der Waals surface area contributed by atoms with Gasteiger partial charge in [0, 0.05) is 23.7 Å². The van der Waals surface area contributed by atoms with E-state index in [2.05, 4.69) is 48.5 Å². The smallest absolute Gasteiger partial charge is 0.338 e. The van der Waals surface area contributed by atoms with Crippen LogP contribution in [0.4, 0.5) is 0 Å². The first kappa shape index (κ1) is 33.0. The molecule has 1 aromatic carbocycles. The minimum atomic E-state index is -0.221. The van der Waals surface area contributed by atoms with Crippen molar-refractivity contribution >= 4 is 17.5 Å². The molecule has 1 aromatic rings. The molecule has 0 radical (unpaired) electrons. The van der Waals surface area contributed by atoms with Gasteiger partial charge in [-0.15, -0.1) is 0 Å². The third kappa shape index (κ3) is 4.83. The number of rotatable bonds is 7. The van der Waals surface area contributed by atoms with Crippen molar-refractivity contribution in [2.24, 2.45) is 62.6 Å². The van der Waals surface area contributed by atoms with Gasteiger partial charge in [0.2, 0.25) is 0 Å². The summed E-state index contributed by atoms with van der Waals surface area (Å²) >= 11 is 0. The Balaban J connectivity index is 1.29. The van der Waals surface area contributed by atoms with Crippen LogP contribution in [0.5, 0.6) is 0 Å². The van der Waals surface area contributed by atoms with E-state index in [0.29, 0.717) is 59.7 Å². The molecule has 0 bridgehead atoms. The molecule has 0 N–H and O–H groups in total. The zero-order valence-electron chi connectivity index (χ0n) is 29.5. The van der Waals surface area contributed by atoms with Crippen molar-refractivity contribution in [1.29, 1.82) is 0 Å². The molecule has 5 aliphatic rings. The zero-order valence-corrected chi connectivity index (χ0v) is 29.5. The molecule has 248 valence electrons. The fraction of sp³-hybridized carbons (Fsp3) is 0.780. The average Bonchev–Trinajstić information content (AvgIpc) is 3.39. The Morgan fingerprint density at radius 3 is 2.16 bits per heavy atom. The Bertz CT molecular complexity index is 1310. The van der Waals surface area contributed by atoms with Gasteiger partial charge in [-0.05, 0) is 135 Å². The minimum Gasteiger partial charge on any atom is -0.458 e. The molecule has 0 aromatic heterocycles. The molecule has 6 rings (SSSR count). The van der Waals surface area contributed by atoms with E-state index in [1.165, 1.54) is 25.7 Å². The number of ketones is 2. The lowest BCUT2D eigenvalue weighted by Crippen LogP contribution is -2.67. The Kier molecular flexibility index (Phi) is 8.30. The van der Waals surface area contributed by atoms with Gasteiger partial charge in [0.05, 0.1) is 5.56 Å². The van der Waals surface area contributed by atoms with Crippen molar-refractivity contribution in [3.05, 3.63) is 35.9 Å². The molecule has 0 saturated heterocycles. The summed E-state index contributed by atoms with van der Waals surface area (Å²) in [7, 11) is 0. The van der Waals surface area contributed by atoms with Crippen LogP contribution in [0.3, 0.4) is 0 Å². The summed E-state index contributed by atoms with van der Waals surface area (Å²) < 4.78 is 6.31. The number of ether oxygens (including phenoxy) is 1. The predicted octanol–water partition coefficient (Wildman–Crippen LogP) is 9.89. The lowest BCUT2D eigenvalue weighted by molar-refractivity contribution is -0.247. The first-order chi connectivity index (χ1) is 21.1. The molecule has 4 heteroatoms. The molecule has 5 fully saturated rings. The lowest BCUT2D eigenvalue weighted by atomic mass is 9.32. The maximum Gasteiger partial charge on any atom is 0.338 e. The van der Waals surface area contributed by atoms with Gasteiger partial charge in [0.1, 0.15) is 17.7 Å². The van der Waals surface area contributed by atoms with Gasteiger partial charge >= 0.3 is 5.97 Å². The van der Waals surface area contributed by atoms with Crippen LogP contribution >= 0.6 is 0 Å². The van der Waals surface area contributed by atoms with Crippen molar-refractivity contribution in [2.75, 3.05) is 0 Å². The van der Waals surface area contributed by atoms with Gasteiger partial charge in [0.25, 0.3) is 0 Å². The van der Waals surface area contributed by atoms with Gasteiger partial charge < -0.3 is 9.53 Å². The molecule has 5 saturated carbocycles. The van der Waals surface area contributed by atoms with Crippen LogP contribution < -0.4 is 0 Å². The van der Waals surface area contributed by atoms with Crippen LogP contribution in [0.2, 0.25) is 0 Å². The molecule has 0 spiro atoms. The van der Waals surface area contributed by atoms with Crippen LogP contribution in [0.25, 0.3) is 0 Å². The highest BCUT2D eigenvalue weighted by atomic mass is 16.5. The number of fused-ring (bicyclic) bond motifs is 7. The second kappa shape index (κ2) is 11.3. The van der Waals surface area contributed by atoms with E-state index < -0.39 is 0 Å². The van der Waals surface area contributed by atoms with E-state index in [9.17, 15) is 14.4 Å². The van der Waals surface area contributed by atoms with Gasteiger partial charge in [-0.3, -0.25) is 4.79 Å². The molecular weight excluding hydrogens is 556 g/mol. The molecule has 0 amide bonds.